The van der Waals surface area contributed by atoms with E-state index in [1.165, 1.54) is 0 Å². The molecule has 106 valence electrons. The normalized spacial score (nSPS) is 33.0. The van der Waals surface area contributed by atoms with Crippen LogP contribution >= 0.6 is 0 Å². The summed E-state index contributed by atoms with van der Waals surface area (Å²) in [5.41, 5.74) is 0. The molecule has 0 N–H and O–H groups in total. The van der Waals surface area contributed by atoms with Crippen LogP contribution in [0.3, 0.4) is 0 Å². The Morgan fingerprint density at radius 2 is 2.06 bits per heavy atom. The van der Waals surface area contributed by atoms with Crippen LogP contribution in [0.15, 0.2) is 0 Å². The molecule has 2 unspecified atom stereocenters. The zero-order chi connectivity index (χ0) is 12.8. The molecule has 2 atom stereocenters. The molecule has 18 heavy (non-hydrogen) atoms. The molecule has 2 aliphatic heterocycles. The summed E-state index contributed by atoms with van der Waals surface area (Å²) in [6.45, 7) is 7.14. The van der Waals surface area contributed by atoms with Gasteiger partial charge in [0.25, 0.3) is 0 Å². The van der Waals surface area contributed by atoms with Crippen molar-refractivity contribution in [3.05, 3.63) is 0 Å². The van der Waals surface area contributed by atoms with Gasteiger partial charge in [-0.3, -0.25) is 4.90 Å². The molecule has 0 aromatic heterocycles. The van der Waals surface area contributed by atoms with Gasteiger partial charge in [-0.05, 0) is 19.5 Å². The molecule has 0 saturated carbocycles. The summed E-state index contributed by atoms with van der Waals surface area (Å²) in [4.78, 5) is 4.86. The van der Waals surface area contributed by atoms with Crippen molar-refractivity contribution >= 4 is 9.28 Å². The minimum absolute atomic E-state index is 0.199. The lowest BCUT2D eigenvalue weighted by Crippen LogP contribution is -2.49. The number of piperazine rings is 1. The second-order valence-corrected chi connectivity index (χ2v) is 7.42. The van der Waals surface area contributed by atoms with Crippen LogP contribution in [0.2, 0.25) is 6.04 Å². The summed E-state index contributed by atoms with van der Waals surface area (Å²) >= 11 is 0. The van der Waals surface area contributed by atoms with Gasteiger partial charge in [-0.25, -0.2) is 0 Å². The van der Waals surface area contributed by atoms with Crippen LogP contribution in [0.5, 0.6) is 0 Å². The molecule has 5 nitrogen and oxygen atoms in total. The van der Waals surface area contributed by atoms with E-state index in [9.17, 15) is 0 Å². The number of hydrogen-bond acceptors (Lipinski definition) is 5. The molecule has 0 aromatic rings. The first-order chi connectivity index (χ1) is 8.78. The van der Waals surface area contributed by atoms with Crippen LogP contribution in [-0.4, -0.2) is 85.3 Å². The molecule has 6 heteroatoms. The largest absolute Gasteiger partial charge is 0.400 e. The van der Waals surface area contributed by atoms with Crippen molar-refractivity contribution in [2.75, 3.05) is 60.1 Å². The number of hydrogen-bond donors (Lipinski definition) is 0. The van der Waals surface area contributed by atoms with E-state index in [4.69, 9.17) is 13.6 Å². The summed E-state index contributed by atoms with van der Waals surface area (Å²) in [6, 6.07) is 1.07. The number of likely N-dealkylation sites (N-methyl/N-ethyl adjacent to an activating group) is 1. The predicted octanol–water partition coefficient (Wildman–Crippen LogP) is -0.0938. The summed E-state index contributed by atoms with van der Waals surface area (Å²) in [7, 11) is 2.53. The Hall–Kier alpha value is 0.0169. The highest BCUT2D eigenvalue weighted by atomic mass is 28.3. The van der Waals surface area contributed by atoms with Crippen molar-refractivity contribution in [2.24, 2.45) is 0 Å². The maximum Gasteiger partial charge on any atom is 0.321 e. The summed E-state index contributed by atoms with van der Waals surface area (Å²) in [5.74, 6) is 0. The van der Waals surface area contributed by atoms with Crippen molar-refractivity contribution in [3.63, 3.8) is 0 Å². The zero-order valence-corrected chi connectivity index (χ0v) is 12.8. The molecular weight excluding hydrogens is 248 g/mol. The van der Waals surface area contributed by atoms with E-state index in [-0.39, 0.29) is 6.10 Å². The fraction of sp³-hybridized carbons (Fsp3) is 1.00. The van der Waals surface area contributed by atoms with Gasteiger partial charge in [0.2, 0.25) is 0 Å². The molecule has 2 heterocycles. The molecule has 0 amide bonds. The van der Waals surface area contributed by atoms with Crippen LogP contribution in [-0.2, 0) is 13.6 Å². The van der Waals surface area contributed by atoms with Crippen LogP contribution in [0.4, 0.5) is 0 Å². The van der Waals surface area contributed by atoms with Crippen molar-refractivity contribution < 1.29 is 13.6 Å². The molecule has 2 rings (SSSR count). The van der Waals surface area contributed by atoms with Crippen LogP contribution in [0.25, 0.3) is 0 Å². The second-order valence-electron chi connectivity index (χ2n) is 5.24. The maximum absolute atomic E-state index is 6.11. The molecule has 0 radical (unpaired) electrons. The molecule has 2 fully saturated rings. The van der Waals surface area contributed by atoms with E-state index >= 15 is 0 Å². The third kappa shape index (κ3) is 4.60. The van der Waals surface area contributed by atoms with Crippen LogP contribution in [0.1, 0.15) is 6.42 Å². The predicted molar refractivity (Wildman–Crippen MR) is 73.2 cm³/mol. The Bertz CT molecular complexity index is 237. The number of nitrogens with zero attached hydrogens (tertiary/aromatic N) is 2. The average molecular weight is 274 g/mol. The lowest BCUT2D eigenvalue weighted by atomic mass is 10.3. The Morgan fingerprint density at radius 1 is 1.28 bits per heavy atom. The van der Waals surface area contributed by atoms with Gasteiger partial charge >= 0.3 is 9.28 Å². The molecule has 0 bridgehead atoms. The van der Waals surface area contributed by atoms with Gasteiger partial charge in [-0.1, -0.05) is 0 Å². The van der Waals surface area contributed by atoms with Gasteiger partial charge in [0.15, 0.2) is 0 Å². The third-order valence-corrected chi connectivity index (χ3v) is 5.79. The monoisotopic (exact) mass is 274 g/mol. The molecule has 0 aromatic carbocycles. The number of rotatable bonds is 3. The fourth-order valence-electron chi connectivity index (χ4n) is 2.48. The van der Waals surface area contributed by atoms with Gasteiger partial charge in [0, 0.05) is 46.4 Å². The number of ether oxygens (including phenoxy) is 1. The first-order valence-electron chi connectivity index (χ1n) is 6.95. The van der Waals surface area contributed by atoms with Crippen LogP contribution in [0, 0.1) is 0 Å². The highest BCUT2D eigenvalue weighted by Crippen LogP contribution is 2.11. The van der Waals surface area contributed by atoms with Gasteiger partial charge < -0.3 is 18.5 Å². The average Bonchev–Trinajstić information content (AvgIpc) is 2.35. The fourth-order valence-corrected chi connectivity index (χ4v) is 4.05. The summed E-state index contributed by atoms with van der Waals surface area (Å²) in [5, 5.41) is 0. The van der Waals surface area contributed by atoms with Gasteiger partial charge in [0.05, 0.1) is 12.7 Å². The maximum atomic E-state index is 6.11. The topological polar surface area (TPSA) is 34.2 Å². The van der Waals surface area contributed by atoms with E-state index in [1.54, 1.807) is 7.11 Å². The van der Waals surface area contributed by atoms with E-state index in [0.717, 1.165) is 58.4 Å². The van der Waals surface area contributed by atoms with Gasteiger partial charge in [-0.15, -0.1) is 0 Å². The Kier molecular flexibility index (Phi) is 6.07. The third-order valence-electron chi connectivity index (χ3n) is 3.70. The van der Waals surface area contributed by atoms with Gasteiger partial charge in [0.1, 0.15) is 0 Å². The highest BCUT2D eigenvalue weighted by molar-refractivity contribution is 6.44. The highest BCUT2D eigenvalue weighted by Gasteiger charge is 2.24. The lowest BCUT2D eigenvalue weighted by Gasteiger charge is -2.35. The molecule has 0 spiro atoms. The lowest BCUT2D eigenvalue weighted by molar-refractivity contribution is 0.00124. The van der Waals surface area contributed by atoms with Crippen molar-refractivity contribution in [1.82, 2.24) is 9.80 Å². The van der Waals surface area contributed by atoms with Crippen LogP contribution < -0.4 is 0 Å². The minimum atomic E-state index is -1.44. The van der Waals surface area contributed by atoms with Crippen molar-refractivity contribution in [1.29, 1.82) is 0 Å². The quantitative estimate of drug-likeness (QED) is 0.672. The second kappa shape index (κ2) is 7.57. The van der Waals surface area contributed by atoms with Crippen molar-refractivity contribution in [2.45, 2.75) is 18.6 Å². The first-order valence-corrected chi connectivity index (χ1v) is 8.71. The van der Waals surface area contributed by atoms with E-state index in [2.05, 4.69) is 16.8 Å². The zero-order valence-electron chi connectivity index (χ0n) is 11.6. The molecule has 2 saturated heterocycles. The minimum Gasteiger partial charge on any atom is -0.400 e. The SMILES string of the molecule is CO[SiH]1CCCOCC(CN2CCN(C)CC2)O1. The van der Waals surface area contributed by atoms with E-state index in [0.29, 0.717) is 0 Å². The Morgan fingerprint density at radius 3 is 2.78 bits per heavy atom. The Labute approximate surface area is 112 Å². The Balaban J connectivity index is 1.78. The first kappa shape index (κ1) is 14.4. The smallest absolute Gasteiger partial charge is 0.321 e. The van der Waals surface area contributed by atoms with Crippen molar-refractivity contribution in [3.8, 4) is 0 Å². The summed E-state index contributed by atoms with van der Waals surface area (Å²) in [6.07, 6.45) is 1.27. The van der Waals surface area contributed by atoms with E-state index in [1.807, 2.05) is 0 Å². The molecule has 0 aliphatic carbocycles. The van der Waals surface area contributed by atoms with Gasteiger partial charge in [-0.2, -0.15) is 0 Å². The summed E-state index contributed by atoms with van der Waals surface area (Å²) < 4.78 is 17.3. The standard InChI is InChI=1S/C12H26N2O3Si/c1-13-4-6-14(7-5-13)10-12-11-16-8-3-9-18(15-2)17-12/h12,18H,3-11H2,1-2H3. The van der Waals surface area contributed by atoms with E-state index < -0.39 is 9.28 Å². The molecule has 2 aliphatic rings. The molecular formula is C12H26N2O3Si.